The third-order valence-electron chi connectivity index (χ3n) is 3.75. The summed E-state index contributed by atoms with van der Waals surface area (Å²) in [7, 11) is 0. The molecule has 2 heterocycles. The Labute approximate surface area is 120 Å². The van der Waals surface area contributed by atoms with Gasteiger partial charge in [0.15, 0.2) is 4.77 Å². The van der Waals surface area contributed by atoms with E-state index in [9.17, 15) is 0 Å². The second-order valence-corrected chi connectivity index (χ2v) is 6.19. The van der Waals surface area contributed by atoms with E-state index in [0.29, 0.717) is 4.77 Å². The van der Waals surface area contributed by atoms with Crippen molar-refractivity contribution in [3.8, 4) is 0 Å². The van der Waals surface area contributed by atoms with Gasteiger partial charge in [-0.15, -0.1) is 6.58 Å². The molecule has 5 heteroatoms. The van der Waals surface area contributed by atoms with Gasteiger partial charge in [-0.25, -0.2) is 0 Å². The molecule has 1 saturated heterocycles. The first-order valence-corrected chi connectivity index (χ1v) is 7.48. The predicted octanol–water partition coefficient (Wildman–Crippen LogP) is 2.65. The van der Waals surface area contributed by atoms with Crippen molar-refractivity contribution in [3.63, 3.8) is 0 Å². The molecule has 0 radical (unpaired) electrons. The molecule has 0 amide bonds. The maximum absolute atomic E-state index is 5.23. The maximum atomic E-state index is 5.23. The number of likely N-dealkylation sites (tertiary alicyclic amines) is 1. The SMILES string of the molecule is C=CCn1c(CCN2C[C@H](C)C[C@H](C)C2)n[nH]c1=S. The summed E-state index contributed by atoms with van der Waals surface area (Å²) in [6.45, 7) is 12.7. The standard InChI is InChI=1S/C14H24N4S/c1-4-6-18-13(15-16-14(18)19)5-7-17-9-11(2)8-12(3)10-17/h4,11-12H,1,5-10H2,2-3H3,(H,16,19)/t11-,12+. The normalized spacial score (nSPS) is 24.5. The Morgan fingerprint density at radius 1 is 1.42 bits per heavy atom. The van der Waals surface area contributed by atoms with Crippen LogP contribution in [0, 0.1) is 16.6 Å². The van der Waals surface area contributed by atoms with Gasteiger partial charge in [0.05, 0.1) is 0 Å². The summed E-state index contributed by atoms with van der Waals surface area (Å²) in [5.41, 5.74) is 0. The Hall–Kier alpha value is -0.940. The highest BCUT2D eigenvalue weighted by Gasteiger charge is 2.21. The number of H-pyrrole nitrogens is 1. The molecule has 0 aromatic carbocycles. The van der Waals surface area contributed by atoms with Crippen LogP contribution in [0.15, 0.2) is 12.7 Å². The van der Waals surface area contributed by atoms with Crippen LogP contribution in [0.5, 0.6) is 0 Å². The summed E-state index contributed by atoms with van der Waals surface area (Å²) >= 11 is 5.23. The quantitative estimate of drug-likeness (QED) is 0.665. The van der Waals surface area contributed by atoms with Gasteiger partial charge in [-0.1, -0.05) is 19.9 Å². The molecule has 0 saturated carbocycles. The molecule has 2 atom stereocenters. The third-order valence-corrected chi connectivity index (χ3v) is 4.06. The summed E-state index contributed by atoms with van der Waals surface area (Å²) in [4.78, 5) is 2.55. The van der Waals surface area contributed by atoms with Crippen molar-refractivity contribution in [1.29, 1.82) is 0 Å². The number of nitrogens with one attached hydrogen (secondary N) is 1. The molecule has 1 fully saturated rings. The molecular formula is C14H24N4S. The minimum Gasteiger partial charge on any atom is -0.302 e. The van der Waals surface area contributed by atoms with Gasteiger partial charge < -0.3 is 9.47 Å². The fourth-order valence-corrected chi connectivity index (χ4v) is 3.32. The number of nitrogens with zero attached hydrogens (tertiary/aromatic N) is 3. The summed E-state index contributed by atoms with van der Waals surface area (Å²) in [6.07, 6.45) is 4.16. The number of rotatable bonds is 5. The predicted molar refractivity (Wildman–Crippen MR) is 80.7 cm³/mol. The molecule has 2 rings (SSSR count). The van der Waals surface area contributed by atoms with Crippen molar-refractivity contribution in [2.75, 3.05) is 19.6 Å². The van der Waals surface area contributed by atoms with Crippen LogP contribution in [0.4, 0.5) is 0 Å². The van der Waals surface area contributed by atoms with Gasteiger partial charge in [-0.2, -0.15) is 5.10 Å². The summed E-state index contributed by atoms with van der Waals surface area (Å²) in [5.74, 6) is 2.64. The molecular weight excluding hydrogens is 256 g/mol. The zero-order chi connectivity index (χ0) is 13.8. The van der Waals surface area contributed by atoms with Gasteiger partial charge >= 0.3 is 0 Å². The zero-order valence-electron chi connectivity index (χ0n) is 11.9. The Morgan fingerprint density at radius 2 is 2.11 bits per heavy atom. The minimum absolute atomic E-state index is 0.690. The molecule has 1 aliphatic heterocycles. The molecule has 1 N–H and O–H groups in total. The fraction of sp³-hybridized carbons (Fsp3) is 0.714. The average molecular weight is 280 g/mol. The largest absolute Gasteiger partial charge is 0.302 e. The first-order valence-electron chi connectivity index (χ1n) is 7.07. The Kier molecular flexibility index (Phi) is 4.93. The van der Waals surface area contributed by atoms with Gasteiger partial charge in [0.1, 0.15) is 5.82 Å². The second kappa shape index (κ2) is 6.48. The van der Waals surface area contributed by atoms with Crippen molar-refractivity contribution in [2.45, 2.75) is 33.2 Å². The van der Waals surface area contributed by atoms with Gasteiger partial charge in [0.2, 0.25) is 0 Å². The van der Waals surface area contributed by atoms with Crippen LogP contribution in [0.1, 0.15) is 26.1 Å². The van der Waals surface area contributed by atoms with Crippen molar-refractivity contribution in [1.82, 2.24) is 19.7 Å². The number of aromatic nitrogens is 3. The summed E-state index contributed by atoms with van der Waals surface area (Å²) in [6, 6.07) is 0. The molecule has 19 heavy (non-hydrogen) atoms. The van der Waals surface area contributed by atoms with Crippen LogP contribution in [0.2, 0.25) is 0 Å². The Bertz CT molecular complexity index is 466. The van der Waals surface area contributed by atoms with Gasteiger partial charge in [0.25, 0.3) is 0 Å². The van der Waals surface area contributed by atoms with E-state index in [2.05, 4.69) is 35.5 Å². The van der Waals surface area contributed by atoms with Crippen LogP contribution in [0.3, 0.4) is 0 Å². The Balaban J connectivity index is 1.95. The van der Waals surface area contributed by atoms with E-state index in [4.69, 9.17) is 12.2 Å². The number of hydrogen-bond acceptors (Lipinski definition) is 3. The maximum Gasteiger partial charge on any atom is 0.195 e. The molecule has 4 nitrogen and oxygen atoms in total. The summed E-state index contributed by atoms with van der Waals surface area (Å²) in [5, 5.41) is 7.20. The highest BCUT2D eigenvalue weighted by molar-refractivity contribution is 7.71. The molecule has 1 aromatic heterocycles. The Morgan fingerprint density at radius 3 is 2.74 bits per heavy atom. The smallest absolute Gasteiger partial charge is 0.195 e. The van der Waals surface area contributed by atoms with Crippen LogP contribution in [-0.4, -0.2) is 39.3 Å². The second-order valence-electron chi connectivity index (χ2n) is 5.80. The lowest BCUT2D eigenvalue weighted by atomic mass is 9.92. The lowest BCUT2D eigenvalue weighted by Crippen LogP contribution is -2.39. The third kappa shape index (κ3) is 3.76. The van der Waals surface area contributed by atoms with E-state index >= 15 is 0 Å². The van der Waals surface area contributed by atoms with Crippen LogP contribution < -0.4 is 0 Å². The molecule has 0 unspecified atom stereocenters. The molecule has 1 aliphatic rings. The lowest BCUT2D eigenvalue weighted by Gasteiger charge is -2.34. The van der Waals surface area contributed by atoms with Gasteiger partial charge in [0, 0.05) is 32.6 Å². The molecule has 106 valence electrons. The van der Waals surface area contributed by atoms with Crippen LogP contribution in [0.25, 0.3) is 0 Å². The van der Waals surface area contributed by atoms with Crippen molar-refractivity contribution in [2.24, 2.45) is 11.8 Å². The van der Waals surface area contributed by atoms with Crippen molar-refractivity contribution in [3.05, 3.63) is 23.3 Å². The molecule has 0 bridgehead atoms. The van der Waals surface area contributed by atoms with E-state index in [0.717, 1.165) is 37.2 Å². The highest BCUT2D eigenvalue weighted by atomic mass is 32.1. The van der Waals surface area contributed by atoms with E-state index < -0.39 is 0 Å². The number of piperidine rings is 1. The average Bonchev–Trinajstić information content (AvgIpc) is 2.68. The number of allylic oxidation sites excluding steroid dienone is 1. The zero-order valence-corrected chi connectivity index (χ0v) is 12.7. The van der Waals surface area contributed by atoms with E-state index in [1.807, 2.05) is 10.6 Å². The van der Waals surface area contributed by atoms with E-state index in [1.165, 1.54) is 19.5 Å². The number of aromatic amines is 1. The molecule has 1 aromatic rings. The molecule has 0 spiro atoms. The van der Waals surface area contributed by atoms with Crippen LogP contribution >= 0.6 is 12.2 Å². The van der Waals surface area contributed by atoms with Crippen LogP contribution in [-0.2, 0) is 13.0 Å². The van der Waals surface area contributed by atoms with Gasteiger partial charge in [-0.3, -0.25) is 5.10 Å². The minimum atomic E-state index is 0.690. The first-order chi connectivity index (χ1) is 9.10. The number of hydrogen-bond donors (Lipinski definition) is 1. The van der Waals surface area contributed by atoms with Crippen molar-refractivity contribution >= 4 is 12.2 Å². The first kappa shape index (κ1) is 14.5. The van der Waals surface area contributed by atoms with E-state index in [1.54, 1.807) is 0 Å². The summed E-state index contributed by atoms with van der Waals surface area (Å²) < 4.78 is 2.72. The topological polar surface area (TPSA) is 36.9 Å². The molecule has 0 aliphatic carbocycles. The highest BCUT2D eigenvalue weighted by Crippen LogP contribution is 2.20. The fourth-order valence-electron chi connectivity index (χ4n) is 3.09. The van der Waals surface area contributed by atoms with Crippen molar-refractivity contribution < 1.29 is 0 Å². The lowest BCUT2D eigenvalue weighted by molar-refractivity contribution is 0.141. The van der Waals surface area contributed by atoms with Gasteiger partial charge in [-0.05, 0) is 30.5 Å². The van der Waals surface area contributed by atoms with E-state index in [-0.39, 0.29) is 0 Å². The monoisotopic (exact) mass is 280 g/mol.